The second-order valence-corrected chi connectivity index (χ2v) is 8.72. The number of amides is 1. The highest BCUT2D eigenvalue weighted by atomic mass is 35.5. The summed E-state index contributed by atoms with van der Waals surface area (Å²) >= 11 is 6.10. The molecule has 3 rings (SSSR count). The van der Waals surface area contributed by atoms with Crippen molar-refractivity contribution >= 4 is 33.4 Å². The Morgan fingerprint density at radius 2 is 1.81 bits per heavy atom. The monoisotopic (exact) mass is 389 g/mol. The summed E-state index contributed by atoms with van der Waals surface area (Å²) in [5.41, 5.74) is 0.759. The van der Waals surface area contributed by atoms with Crippen LogP contribution in [0.25, 0.3) is 6.08 Å². The first kappa shape index (κ1) is 18.7. The molecule has 1 aliphatic heterocycles. The Kier molecular flexibility index (Phi) is 5.79. The molecule has 2 aromatic rings. The Morgan fingerprint density at radius 3 is 2.54 bits per heavy atom. The van der Waals surface area contributed by atoms with Gasteiger partial charge in [0.2, 0.25) is 5.91 Å². The summed E-state index contributed by atoms with van der Waals surface area (Å²) in [5.74, 6) is -0.237. The molecule has 0 bridgehead atoms. The molecule has 1 atom stereocenters. The van der Waals surface area contributed by atoms with Crippen LogP contribution in [0.5, 0.6) is 0 Å². The smallest absolute Gasteiger partial charge is 0.246 e. The summed E-state index contributed by atoms with van der Waals surface area (Å²) < 4.78 is 25.2. The van der Waals surface area contributed by atoms with Gasteiger partial charge in [0, 0.05) is 23.7 Å². The molecule has 0 N–H and O–H groups in total. The number of halogens is 1. The Labute approximate surface area is 159 Å². The molecule has 1 fully saturated rings. The Hall–Kier alpha value is -2.11. The molecular formula is C20H20ClNO3S. The second-order valence-electron chi connectivity index (χ2n) is 6.28. The number of hydrogen-bond donors (Lipinski definition) is 0. The maximum absolute atomic E-state index is 12.6. The summed E-state index contributed by atoms with van der Waals surface area (Å²) in [6, 6.07) is 15.3. The highest BCUT2D eigenvalue weighted by Gasteiger charge is 2.32. The van der Waals surface area contributed by atoms with Crippen molar-refractivity contribution < 1.29 is 13.2 Å². The first-order chi connectivity index (χ1) is 12.5. The van der Waals surface area contributed by atoms with E-state index in [0.717, 1.165) is 12.0 Å². The first-order valence-corrected chi connectivity index (χ1v) is 10.5. The molecule has 1 heterocycles. The fourth-order valence-corrected chi connectivity index (χ4v) is 4.96. The van der Waals surface area contributed by atoms with Gasteiger partial charge in [-0.3, -0.25) is 4.79 Å². The molecule has 0 radical (unpaired) electrons. The van der Waals surface area contributed by atoms with E-state index < -0.39 is 9.84 Å². The van der Waals surface area contributed by atoms with Gasteiger partial charge < -0.3 is 4.90 Å². The lowest BCUT2D eigenvalue weighted by Crippen LogP contribution is -2.38. The van der Waals surface area contributed by atoms with Crippen LogP contribution >= 0.6 is 11.6 Å². The van der Waals surface area contributed by atoms with Crippen LogP contribution in [-0.4, -0.2) is 37.6 Å². The van der Waals surface area contributed by atoms with E-state index in [1.165, 1.54) is 6.08 Å². The van der Waals surface area contributed by atoms with Crippen LogP contribution in [0.2, 0.25) is 5.02 Å². The molecule has 1 amide bonds. The lowest BCUT2D eigenvalue weighted by molar-refractivity contribution is -0.126. The predicted molar refractivity (Wildman–Crippen MR) is 104 cm³/mol. The van der Waals surface area contributed by atoms with Gasteiger partial charge in [0.05, 0.1) is 10.6 Å². The molecular weight excluding hydrogens is 370 g/mol. The Morgan fingerprint density at radius 1 is 1.12 bits per heavy atom. The van der Waals surface area contributed by atoms with E-state index in [9.17, 15) is 13.2 Å². The van der Waals surface area contributed by atoms with E-state index in [4.69, 9.17) is 11.6 Å². The molecule has 1 aliphatic rings. The zero-order chi connectivity index (χ0) is 18.6. The molecule has 26 heavy (non-hydrogen) atoms. The van der Waals surface area contributed by atoms with Crippen LogP contribution < -0.4 is 0 Å². The zero-order valence-corrected chi connectivity index (χ0v) is 15.8. The zero-order valence-electron chi connectivity index (χ0n) is 14.2. The third-order valence-corrected chi connectivity index (χ3v) is 6.64. The third-order valence-electron chi connectivity index (χ3n) is 4.49. The summed E-state index contributed by atoms with van der Waals surface area (Å²) in [7, 11) is -3.42. The lowest BCUT2D eigenvalue weighted by atomic mass is 10.2. The van der Waals surface area contributed by atoms with Crippen LogP contribution in [-0.2, 0) is 14.6 Å². The fourth-order valence-electron chi connectivity index (χ4n) is 3.14. The number of likely N-dealkylation sites (tertiary alicyclic amines) is 1. The van der Waals surface area contributed by atoms with Crippen LogP contribution in [0.4, 0.5) is 0 Å². The van der Waals surface area contributed by atoms with Gasteiger partial charge in [-0.15, -0.1) is 0 Å². The number of hydrogen-bond acceptors (Lipinski definition) is 3. The number of sulfone groups is 1. The van der Waals surface area contributed by atoms with Crippen LogP contribution in [0.15, 0.2) is 65.6 Å². The molecule has 0 aliphatic carbocycles. The first-order valence-electron chi connectivity index (χ1n) is 8.48. The van der Waals surface area contributed by atoms with Gasteiger partial charge in [0.1, 0.15) is 0 Å². The quantitative estimate of drug-likeness (QED) is 0.730. The maximum Gasteiger partial charge on any atom is 0.246 e. The molecule has 0 spiro atoms. The minimum Gasteiger partial charge on any atom is -0.335 e. The average molecular weight is 390 g/mol. The van der Waals surface area contributed by atoms with Crippen molar-refractivity contribution in [2.24, 2.45) is 0 Å². The lowest BCUT2D eigenvalue weighted by Gasteiger charge is -2.23. The summed E-state index contributed by atoms with van der Waals surface area (Å²) in [6.07, 6.45) is 4.64. The van der Waals surface area contributed by atoms with Gasteiger partial charge in [-0.05, 0) is 42.7 Å². The van der Waals surface area contributed by atoms with Crippen molar-refractivity contribution in [3.63, 3.8) is 0 Å². The number of benzene rings is 2. The molecule has 1 saturated heterocycles. The summed E-state index contributed by atoms with van der Waals surface area (Å²) in [5, 5.41) is 0.571. The van der Waals surface area contributed by atoms with E-state index in [-0.39, 0.29) is 17.7 Å². The Bertz CT molecular complexity index is 910. The van der Waals surface area contributed by atoms with Gasteiger partial charge in [-0.25, -0.2) is 8.42 Å². The summed E-state index contributed by atoms with van der Waals surface area (Å²) in [4.78, 5) is 14.5. The fraction of sp³-hybridized carbons (Fsp3) is 0.250. The van der Waals surface area contributed by atoms with Gasteiger partial charge in [-0.1, -0.05) is 48.0 Å². The van der Waals surface area contributed by atoms with Gasteiger partial charge >= 0.3 is 0 Å². The van der Waals surface area contributed by atoms with Crippen LogP contribution in [0, 0.1) is 0 Å². The van der Waals surface area contributed by atoms with E-state index in [1.54, 1.807) is 47.4 Å². The second kappa shape index (κ2) is 8.06. The van der Waals surface area contributed by atoms with E-state index in [2.05, 4.69) is 0 Å². The van der Waals surface area contributed by atoms with Gasteiger partial charge in [-0.2, -0.15) is 0 Å². The number of nitrogens with zero attached hydrogens (tertiary/aromatic N) is 1. The van der Waals surface area contributed by atoms with Gasteiger partial charge in [0.25, 0.3) is 0 Å². The minimum absolute atomic E-state index is 0.0529. The molecule has 4 nitrogen and oxygen atoms in total. The van der Waals surface area contributed by atoms with Crippen molar-refractivity contribution in [3.05, 3.63) is 71.3 Å². The predicted octanol–water partition coefficient (Wildman–Crippen LogP) is 3.82. The van der Waals surface area contributed by atoms with Gasteiger partial charge in [0.15, 0.2) is 9.84 Å². The Balaban J connectivity index is 1.72. The van der Waals surface area contributed by atoms with Crippen LogP contribution in [0.1, 0.15) is 18.4 Å². The largest absolute Gasteiger partial charge is 0.335 e. The topological polar surface area (TPSA) is 54.5 Å². The van der Waals surface area contributed by atoms with Crippen LogP contribution in [0.3, 0.4) is 0 Å². The van der Waals surface area contributed by atoms with E-state index >= 15 is 0 Å². The highest BCUT2D eigenvalue weighted by molar-refractivity contribution is 7.91. The van der Waals surface area contributed by atoms with Crippen molar-refractivity contribution in [2.45, 2.75) is 23.8 Å². The molecule has 6 heteroatoms. The molecule has 1 unspecified atom stereocenters. The van der Waals surface area contributed by atoms with E-state index in [0.29, 0.717) is 22.9 Å². The third kappa shape index (κ3) is 4.34. The molecule has 0 saturated carbocycles. The maximum atomic E-state index is 12.6. The number of rotatable bonds is 5. The summed E-state index contributed by atoms with van der Waals surface area (Å²) in [6.45, 7) is 0.570. The van der Waals surface area contributed by atoms with Crippen molar-refractivity contribution in [1.82, 2.24) is 4.90 Å². The molecule has 0 aromatic heterocycles. The number of carbonyl (C=O) groups excluding carboxylic acids is 1. The minimum atomic E-state index is -3.42. The SMILES string of the molecule is O=C(C=Cc1ccccc1Cl)N1CCCC1CS(=O)(=O)c1ccccc1. The van der Waals surface area contributed by atoms with Crippen molar-refractivity contribution in [1.29, 1.82) is 0 Å². The molecule has 136 valence electrons. The van der Waals surface area contributed by atoms with E-state index in [1.807, 2.05) is 18.2 Å². The highest BCUT2D eigenvalue weighted by Crippen LogP contribution is 2.23. The number of carbonyl (C=O) groups is 1. The normalized spacial score (nSPS) is 17.7. The van der Waals surface area contributed by atoms with Crippen molar-refractivity contribution in [2.75, 3.05) is 12.3 Å². The van der Waals surface area contributed by atoms with Crippen molar-refractivity contribution in [3.8, 4) is 0 Å². The molecule has 2 aromatic carbocycles. The standard InChI is InChI=1S/C20H20ClNO3S/c21-19-11-5-4-7-16(19)12-13-20(23)22-14-6-8-17(22)15-26(24,25)18-9-2-1-3-10-18/h1-5,7,9-13,17H,6,8,14-15H2. The average Bonchev–Trinajstić information content (AvgIpc) is 3.09.